The van der Waals surface area contributed by atoms with Crippen LogP contribution in [0.5, 0.6) is 11.5 Å². The van der Waals surface area contributed by atoms with E-state index in [2.05, 4.69) is 17.1 Å². The number of halogens is 1. The summed E-state index contributed by atoms with van der Waals surface area (Å²) in [7, 11) is 0. The van der Waals surface area contributed by atoms with E-state index in [-0.39, 0.29) is 19.1 Å². The molecule has 278 valence electrons. The molecule has 6 rings (SSSR count). The Morgan fingerprint density at radius 2 is 1.80 bits per heavy atom. The number of hydrogen-bond donors (Lipinski definition) is 2. The third-order valence-corrected chi connectivity index (χ3v) is 11.1. The molecule has 1 aromatic heterocycles. The van der Waals surface area contributed by atoms with Crippen LogP contribution in [0.2, 0.25) is 5.02 Å². The predicted octanol–water partition coefficient (Wildman–Crippen LogP) is 5.04. The van der Waals surface area contributed by atoms with Crippen molar-refractivity contribution in [3.63, 3.8) is 0 Å². The number of nitrogens with two attached hydrogens (primary N) is 1. The average molecular weight is 726 g/mol. The second-order valence-electron chi connectivity index (χ2n) is 15.9. The number of alkyl carbamates (subject to hydrolysis) is 1. The third-order valence-electron chi connectivity index (χ3n) is 10.7. The number of primary amides is 1. The Morgan fingerprint density at radius 1 is 1.10 bits per heavy atom. The number of hydrogen-bond acceptors (Lipinski definition) is 9. The van der Waals surface area contributed by atoms with Crippen molar-refractivity contribution in [2.45, 2.75) is 85.1 Å². The number of allylic oxidation sites excluding steroid dienone is 1. The van der Waals surface area contributed by atoms with E-state index in [9.17, 15) is 14.4 Å². The van der Waals surface area contributed by atoms with Crippen LogP contribution in [0.4, 0.5) is 4.79 Å². The zero-order valence-electron chi connectivity index (χ0n) is 30.6. The number of nitrogens with zero attached hydrogens (tertiary/aromatic N) is 3. The molecule has 0 spiro atoms. The lowest BCUT2D eigenvalue weighted by atomic mass is 9.85. The Labute approximate surface area is 305 Å². The number of morpholine rings is 1. The molecule has 2 aliphatic carbocycles. The number of carbonyl (C=O) groups is 3. The Balaban J connectivity index is 1.19. The van der Waals surface area contributed by atoms with Crippen LogP contribution in [0.1, 0.15) is 66.5 Å². The molecule has 0 radical (unpaired) electrons. The Bertz CT molecular complexity index is 1660. The summed E-state index contributed by atoms with van der Waals surface area (Å²) >= 11 is 6.92. The summed E-state index contributed by atoms with van der Waals surface area (Å²) in [5, 5.41) is 3.87. The molecule has 3 N–H and O–H groups in total. The summed E-state index contributed by atoms with van der Waals surface area (Å²) in [4.78, 5) is 48.5. The normalized spacial score (nSPS) is 26.7. The fourth-order valence-corrected chi connectivity index (χ4v) is 8.09. The predicted molar refractivity (Wildman–Crippen MR) is 195 cm³/mol. The van der Waals surface area contributed by atoms with Gasteiger partial charge >= 0.3 is 6.09 Å². The fourth-order valence-electron chi connectivity index (χ4n) is 7.82. The van der Waals surface area contributed by atoms with Crippen LogP contribution in [0.25, 0.3) is 17.0 Å². The number of aromatic nitrogens is 1. The molecule has 3 amide bonds. The van der Waals surface area contributed by atoms with Gasteiger partial charge in [0.1, 0.15) is 47.4 Å². The number of nitrogens with one attached hydrogen (secondary N) is 1. The highest BCUT2D eigenvalue weighted by molar-refractivity contribution is 6.36. The molecule has 13 heteroatoms. The van der Waals surface area contributed by atoms with Gasteiger partial charge in [-0.15, -0.1) is 0 Å². The summed E-state index contributed by atoms with van der Waals surface area (Å²) in [6.07, 6.45) is 2.49. The number of carbonyl (C=O) groups excluding carboxylic acids is 3. The number of likely N-dealkylation sites (tertiary alicyclic amines) is 1. The third kappa shape index (κ3) is 8.55. The van der Waals surface area contributed by atoms with E-state index in [0.717, 1.165) is 38.0 Å². The minimum Gasteiger partial charge on any atom is -0.491 e. The van der Waals surface area contributed by atoms with E-state index in [1.54, 1.807) is 0 Å². The topological polar surface area (TPSA) is 146 Å². The highest BCUT2D eigenvalue weighted by Gasteiger charge is 2.54. The second-order valence-corrected chi connectivity index (χ2v) is 16.2. The largest absolute Gasteiger partial charge is 0.491 e. The maximum atomic E-state index is 14.2. The van der Waals surface area contributed by atoms with Crippen molar-refractivity contribution < 1.29 is 33.3 Å². The van der Waals surface area contributed by atoms with Crippen LogP contribution < -0.4 is 20.5 Å². The van der Waals surface area contributed by atoms with E-state index >= 15 is 0 Å². The van der Waals surface area contributed by atoms with Gasteiger partial charge in [-0.2, -0.15) is 0 Å². The molecule has 2 saturated heterocycles. The first-order chi connectivity index (χ1) is 24.2. The molecule has 0 bridgehead atoms. The molecule has 51 heavy (non-hydrogen) atoms. The zero-order chi connectivity index (χ0) is 36.6. The molecular weight excluding hydrogens is 674 g/mol. The van der Waals surface area contributed by atoms with Gasteiger partial charge in [-0.1, -0.05) is 44.9 Å². The maximum absolute atomic E-state index is 14.2. The number of amides is 3. The van der Waals surface area contributed by atoms with Crippen LogP contribution in [0.15, 0.2) is 23.8 Å². The van der Waals surface area contributed by atoms with Gasteiger partial charge in [0.25, 0.3) is 0 Å². The van der Waals surface area contributed by atoms with Crippen molar-refractivity contribution in [1.29, 1.82) is 0 Å². The minimum absolute atomic E-state index is 0.0951. The van der Waals surface area contributed by atoms with Crippen molar-refractivity contribution in [2.24, 2.45) is 28.9 Å². The summed E-state index contributed by atoms with van der Waals surface area (Å²) in [6.45, 7) is 16.3. The average Bonchev–Trinajstić information content (AvgIpc) is 3.38. The lowest BCUT2D eigenvalue weighted by Crippen LogP contribution is -2.57. The fraction of sp³-hybridized carbons (Fsp3) is 0.632. The van der Waals surface area contributed by atoms with Crippen LogP contribution in [-0.4, -0.2) is 103 Å². The zero-order valence-corrected chi connectivity index (χ0v) is 31.3. The van der Waals surface area contributed by atoms with Gasteiger partial charge in [-0.05, 0) is 68.1 Å². The first-order valence-electron chi connectivity index (χ1n) is 18.1. The van der Waals surface area contributed by atoms with E-state index < -0.39 is 41.5 Å². The number of rotatable bonds is 11. The van der Waals surface area contributed by atoms with Crippen molar-refractivity contribution in [3.05, 3.63) is 34.5 Å². The lowest BCUT2D eigenvalue weighted by molar-refractivity contribution is -0.141. The number of fused-ring (bicyclic) bond motifs is 2. The second kappa shape index (κ2) is 15.2. The molecule has 2 aromatic rings. The SMILES string of the molecule is CC(C)=Cc1cc(OC2C[C@@H](C(N)=O)N(C(=O)[C@@H](NC(=O)O[C@@H]3C[C@@H]4[C@H](C)[C@@H]4C3)C(C)(C)C)C2)c2ccc(OCCN3CCOCC3)c(Cl)c2n1. The molecule has 2 saturated carbocycles. The highest BCUT2D eigenvalue weighted by Crippen LogP contribution is 2.57. The van der Waals surface area contributed by atoms with E-state index in [1.807, 2.05) is 58.9 Å². The quantitative estimate of drug-likeness (QED) is 0.325. The molecular formula is C38H52ClN5O7. The van der Waals surface area contributed by atoms with Gasteiger partial charge in [-0.25, -0.2) is 9.78 Å². The van der Waals surface area contributed by atoms with E-state index in [0.29, 0.717) is 70.7 Å². The molecule has 7 atom stereocenters. The maximum Gasteiger partial charge on any atom is 0.408 e. The van der Waals surface area contributed by atoms with Gasteiger partial charge in [0.15, 0.2) is 0 Å². The summed E-state index contributed by atoms with van der Waals surface area (Å²) in [6, 6.07) is 3.63. The Kier molecular flexibility index (Phi) is 11.0. The van der Waals surface area contributed by atoms with Crippen LogP contribution in [0, 0.1) is 23.2 Å². The summed E-state index contributed by atoms with van der Waals surface area (Å²) in [5.41, 5.74) is 7.39. The Morgan fingerprint density at radius 3 is 2.45 bits per heavy atom. The van der Waals surface area contributed by atoms with Gasteiger partial charge in [0, 0.05) is 37.5 Å². The first kappa shape index (κ1) is 37.2. The molecule has 1 unspecified atom stereocenters. The van der Waals surface area contributed by atoms with Crippen LogP contribution in [0.3, 0.4) is 0 Å². The number of pyridine rings is 1. The van der Waals surface area contributed by atoms with E-state index in [1.165, 1.54) is 4.90 Å². The molecule has 4 aliphatic rings. The number of benzene rings is 1. The van der Waals surface area contributed by atoms with Crippen LogP contribution >= 0.6 is 11.6 Å². The van der Waals surface area contributed by atoms with Crippen molar-refractivity contribution >= 4 is 46.5 Å². The molecule has 3 heterocycles. The first-order valence-corrected chi connectivity index (χ1v) is 18.5. The van der Waals surface area contributed by atoms with Crippen molar-refractivity contribution in [2.75, 3.05) is 46.0 Å². The molecule has 12 nitrogen and oxygen atoms in total. The Hall–Kier alpha value is -3.61. The van der Waals surface area contributed by atoms with Crippen molar-refractivity contribution in [3.8, 4) is 11.5 Å². The molecule has 1 aromatic carbocycles. The summed E-state index contributed by atoms with van der Waals surface area (Å²) in [5.74, 6) is 1.90. The van der Waals surface area contributed by atoms with Crippen molar-refractivity contribution in [1.82, 2.24) is 20.1 Å². The highest BCUT2D eigenvalue weighted by atomic mass is 35.5. The molecule has 2 aliphatic heterocycles. The summed E-state index contributed by atoms with van der Waals surface area (Å²) < 4.78 is 23.9. The number of ether oxygens (including phenoxy) is 4. The van der Waals surface area contributed by atoms with Gasteiger partial charge in [0.05, 0.1) is 31.0 Å². The smallest absolute Gasteiger partial charge is 0.408 e. The van der Waals surface area contributed by atoms with Gasteiger partial charge < -0.3 is 34.9 Å². The monoisotopic (exact) mass is 725 g/mol. The van der Waals surface area contributed by atoms with E-state index in [4.69, 9.17) is 41.3 Å². The standard InChI is InChI=1S/C38H52ClN5O7/c1-21(2)15-23-16-31(26-7-8-30(32(39)33(26)41-23)49-14-11-43-9-12-48-13-10-43)50-25-19-29(35(40)45)44(20-25)36(46)34(38(4,5)6)42-37(47)51-24-17-27-22(3)28(27)18-24/h7-8,15-16,22,24-25,27-29,34H,9-14,17-20H2,1-6H3,(H2,40,45)(H,42,47)/t22-,24+,25?,27+,28-,29-,34+/m0/s1. The molecule has 4 fully saturated rings. The minimum atomic E-state index is -0.952. The lowest BCUT2D eigenvalue weighted by Gasteiger charge is -2.35. The van der Waals surface area contributed by atoms with Crippen LogP contribution in [-0.2, 0) is 19.1 Å². The van der Waals surface area contributed by atoms with Gasteiger partial charge in [-0.3, -0.25) is 14.5 Å². The van der Waals surface area contributed by atoms with Gasteiger partial charge in [0.2, 0.25) is 11.8 Å².